The molecule has 2 rings (SSSR count). The number of benzene rings is 2. The van der Waals surface area contributed by atoms with Gasteiger partial charge < -0.3 is 10.4 Å². The van der Waals surface area contributed by atoms with Crippen molar-refractivity contribution in [1.82, 2.24) is 5.32 Å². The van der Waals surface area contributed by atoms with Crippen LogP contribution in [0.5, 0.6) is 0 Å². The summed E-state index contributed by atoms with van der Waals surface area (Å²) >= 11 is 0. The topological polar surface area (TPSA) is 49.3 Å². The molecule has 2 N–H and O–H groups in total. The highest BCUT2D eigenvalue weighted by Crippen LogP contribution is 2.19. The molecule has 0 aliphatic carbocycles. The van der Waals surface area contributed by atoms with Gasteiger partial charge in [-0.3, -0.25) is 4.79 Å². The molecular weight excluding hydrogens is 281 g/mol. The van der Waals surface area contributed by atoms with Crippen LogP contribution in [0.25, 0.3) is 0 Å². The van der Waals surface area contributed by atoms with Crippen molar-refractivity contribution in [3.8, 4) is 0 Å². The molecule has 0 bridgehead atoms. The van der Waals surface area contributed by atoms with E-state index in [-0.39, 0.29) is 24.7 Å². The standard InChI is InChI=1S/C18H20FNO2/c1-18(22,15-8-3-2-4-9-15)13-20-17(21)12-11-14-7-5-6-10-16(14)19/h2-10,22H,11-13H2,1H3,(H,20,21). The number of amides is 1. The molecule has 3 nitrogen and oxygen atoms in total. The summed E-state index contributed by atoms with van der Waals surface area (Å²) in [5, 5.41) is 13.1. The minimum Gasteiger partial charge on any atom is -0.384 e. The van der Waals surface area contributed by atoms with Gasteiger partial charge in [0, 0.05) is 6.42 Å². The lowest BCUT2D eigenvalue weighted by Crippen LogP contribution is -2.38. The van der Waals surface area contributed by atoms with Gasteiger partial charge in [0.05, 0.1) is 6.54 Å². The summed E-state index contributed by atoms with van der Waals surface area (Å²) in [6, 6.07) is 15.6. The number of aryl methyl sites for hydroxylation is 1. The fraction of sp³-hybridized carbons (Fsp3) is 0.278. The maximum atomic E-state index is 13.5. The van der Waals surface area contributed by atoms with Crippen LogP contribution in [-0.2, 0) is 16.8 Å². The lowest BCUT2D eigenvalue weighted by Gasteiger charge is -2.24. The van der Waals surface area contributed by atoms with Crippen molar-refractivity contribution in [2.75, 3.05) is 6.54 Å². The Kier molecular flexibility index (Phi) is 5.28. The van der Waals surface area contributed by atoms with Gasteiger partial charge in [0.2, 0.25) is 5.91 Å². The van der Waals surface area contributed by atoms with Crippen LogP contribution in [-0.4, -0.2) is 17.6 Å². The summed E-state index contributed by atoms with van der Waals surface area (Å²) in [4.78, 5) is 11.9. The first kappa shape index (κ1) is 16.2. The molecule has 0 saturated carbocycles. The van der Waals surface area contributed by atoms with E-state index >= 15 is 0 Å². The summed E-state index contributed by atoms with van der Waals surface area (Å²) in [5.41, 5.74) is 0.131. The van der Waals surface area contributed by atoms with Gasteiger partial charge in [-0.25, -0.2) is 4.39 Å². The van der Waals surface area contributed by atoms with Gasteiger partial charge in [0.25, 0.3) is 0 Å². The number of aliphatic hydroxyl groups is 1. The van der Waals surface area contributed by atoms with E-state index in [0.717, 1.165) is 5.56 Å². The van der Waals surface area contributed by atoms with Gasteiger partial charge in [0.1, 0.15) is 11.4 Å². The zero-order valence-corrected chi connectivity index (χ0v) is 12.6. The van der Waals surface area contributed by atoms with E-state index in [2.05, 4.69) is 5.32 Å². The second kappa shape index (κ2) is 7.18. The summed E-state index contributed by atoms with van der Waals surface area (Å²) in [6.07, 6.45) is 0.526. The Morgan fingerprint density at radius 1 is 1.14 bits per heavy atom. The quantitative estimate of drug-likeness (QED) is 0.862. The smallest absolute Gasteiger partial charge is 0.220 e. The third kappa shape index (κ3) is 4.40. The number of rotatable bonds is 6. The Hall–Kier alpha value is -2.20. The van der Waals surface area contributed by atoms with Gasteiger partial charge in [-0.2, -0.15) is 0 Å². The van der Waals surface area contributed by atoms with Gasteiger partial charge in [-0.15, -0.1) is 0 Å². The van der Waals surface area contributed by atoms with Gasteiger partial charge in [-0.05, 0) is 30.5 Å². The van der Waals surface area contributed by atoms with Crippen LogP contribution in [0.4, 0.5) is 4.39 Å². The number of hydrogen-bond donors (Lipinski definition) is 2. The van der Waals surface area contributed by atoms with Gasteiger partial charge in [0.15, 0.2) is 0 Å². The molecule has 0 radical (unpaired) electrons. The molecule has 0 saturated heterocycles. The van der Waals surface area contributed by atoms with Crippen molar-refractivity contribution in [1.29, 1.82) is 0 Å². The highest BCUT2D eigenvalue weighted by Gasteiger charge is 2.23. The van der Waals surface area contributed by atoms with E-state index in [4.69, 9.17) is 0 Å². The van der Waals surface area contributed by atoms with Crippen LogP contribution >= 0.6 is 0 Å². The molecule has 0 heterocycles. The minimum absolute atomic E-state index is 0.118. The van der Waals surface area contributed by atoms with Crippen molar-refractivity contribution >= 4 is 5.91 Å². The first-order valence-corrected chi connectivity index (χ1v) is 7.27. The number of carbonyl (C=O) groups excluding carboxylic acids is 1. The van der Waals surface area contributed by atoms with Crippen LogP contribution in [0.1, 0.15) is 24.5 Å². The maximum Gasteiger partial charge on any atom is 0.220 e. The van der Waals surface area contributed by atoms with E-state index in [0.29, 0.717) is 12.0 Å². The molecular formula is C18H20FNO2. The molecule has 0 spiro atoms. The molecule has 0 aliphatic rings. The average Bonchev–Trinajstić information content (AvgIpc) is 2.53. The molecule has 116 valence electrons. The third-order valence-electron chi connectivity index (χ3n) is 3.60. The fourth-order valence-corrected chi connectivity index (χ4v) is 2.21. The fourth-order valence-electron chi connectivity index (χ4n) is 2.21. The Bertz CT molecular complexity index is 626. The largest absolute Gasteiger partial charge is 0.384 e. The molecule has 2 aromatic rings. The second-order valence-electron chi connectivity index (χ2n) is 5.51. The summed E-state index contributed by atoms with van der Waals surface area (Å²) in [5.74, 6) is -0.508. The van der Waals surface area contributed by atoms with Crippen LogP contribution in [0.3, 0.4) is 0 Å². The highest BCUT2D eigenvalue weighted by molar-refractivity contribution is 5.76. The van der Waals surface area contributed by atoms with E-state index in [1.165, 1.54) is 6.07 Å². The number of nitrogens with one attached hydrogen (secondary N) is 1. The van der Waals surface area contributed by atoms with Crippen molar-refractivity contribution in [2.45, 2.75) is 25.4 Å². The normalized spacial score (nSPS) is 13.4. The molecule has 22 heavy (non-hydrogen) atoms. The third-order valence-corrected chi connectivity index (χ3v) is 3.60. The summed E-state index contributed by atoms with van der Waals surface area (Å²) in [7, 11) is 0. The van der Waals surface area contributed by atoms with Gasteiger partial charge in [-0.1, -0.05) is 48.5 Å². The van der Waals surface area contributed by atoms with E-state index in [1.54, 1.807) is 25.1 Å². The lowest BCUT2D eigenvalue weighted by molar-refractivity contribution is -0.122. The predicted octanol–water partition coefficient (Wildman–Crippen LogP) is 2.78. The molecule has 2 aromatic carbocycles. The molecule has 0 aromatic heterocycles. The summed E-state index contributed by atoms with van der Waals surface area (Å²) in [6.45, 7) is 1.77. The van der Waals surface area contributed by atoms with Crippen molar-refractivity contribution in [3.63, 3.8) is 0 Å². The van der Waals surface area contributed by atoms with E-state index in [9.17, 15) is 14.3 Å². The Morgan fingerprint density at radius 2 is 1.77 bits per heavy atom. The Morgan fingerprint density at radius 3 is 2.45 bits per heavy atom. The second-order valence-corrected chi connectivity index (χ2v) is 5.51. The Balaban J connectivity index is 1.84. The number of hydrogen-bond acceptors (Lipinski definition) is 2. The SMILES string of the molecule is CC(O)(CNC(=O)CCc1ccccc1F)c1ccccc1. The van der Waals surface area contributed by atoms with Crippen molar-refractivity contribution in [3.05, 3.63) is 71.5 Å². The predicted molar refractivity (Wildman–Crippen MR) is 83.7 cm³/mol. The first-order chi connectivity index (χ1) is 10.5. The molecule has 0 fully saturated rings. The Labute approximate surface area is 129 Å². The van der Waals surface area contributed by atoms with Crippen LogP contribution in [0.15, 0.2) is 54.6 Å². The lowest BCUT2D eigenvalue weighted by atomic mass is 9.96. The maximum absolute atomic E-state index is 13.5. The van der Waals surface area contributed by atoms with Crippen LogP contribution in [0.2, 0.25) is 0 Å². The summed E-state index contributed by atoms with van der Waals surface area (Å²) < 4.78 is 13.5. The van der Waals surface area contributed by atoms with Crippen LogP contribution < -0.4 is 5.32 Å². The van der Waals surface area contributed by atoms with Gasteiger partial charge >= 0.3 is 0 Å². The van der Waals surface area contributed by atoms with Crippen molar-refractivity contribution in [2.24, 2.45) is 0 Å². The van der Waals surface area contributed by atoms with Crippen molar-refractivity contribution < 1.29 is 14.3 Å². The first-order valence-electron chi connectivity index (χ1n) is 7.27. The molecule has 4 heteroatoms. The minimum atomic E-state index is -1.13. The molecule has 1 atom stereocenters. The number of carbonyl (C=O) groups is 1. The van der Waals surface area contributed by atoms with E-state index < -0.39 is 5.60 Å². The van der Waals surface area contributed by atoms with Crippen LogP contribution in [0, 0.1) is 5.82 Å². The molecule has 1 amide bonds. The highest BCUT2D eigenvalue weighted by atomic mass is 19.1. The molecule has 0 aliphatic heterocycles. The van der Waals surface area contributed by atoms with E-state index in [1.807, 2.05) is 30.3 Å². The number of halogens is 1. The molecule has 1 unspecified atom stereocenters. The zero-order chi connectivity index (χ0) is 16.0. The monoisotopic (exact) mass is 301 g/mol. The zero-order valence-electron chi connectivity index (χ0n) is 12.6. The average molecular weight is 301 g/mol.